The van der Waals surface area contributed by atoms with Crippen molar-refractivity contribution in [2.24, 2.45) is 0 Å². The first-order valence-corrected chi connectivity index (χ1v) is 5.65. The standard InChI is InChI=1S/C10H17F3N2O2/c11-10(12,13)9(17)15(5-6-16)7-8-3-1-2-4-14-8/h8,14,16H,1-7H2/t8-/m0/s1. The van der Waals surface area contributed by atoms with Gasteiger partial charge in [0, 0.05) is 19.1 Å². The first-order valence-electron chi connectivity index (χ1n) is 5.65. The Hall–Kier alpha value is -0.820. The second-order valence-corrected chi connectivity index (χ2v) is 4.12. The average molecular weight is 254 g/mol. The van der Waals surface area contributed by atoms with Crippen LogP contribution in [0.3, 0.4) is 0 Å². The number of aliphatic hydroxyl groups excluding tert-OH is 1. The second kappa shape index (κ2) is 6.20. The Morgan fingerprint density at radius 1 is 1.41 bits per heavy atom. The number of rotatable bonds is 4. The van der Waals surface area contributed by atoms with Gasteiger partial charge in [0.15, 0.2) is 0 Å². The molecule has 1 rings (SSSR count). The molecule has 1 fully saturated rings. The van der Waals surface area contributed by atoms with E-state index in [1.165, 1.54) is 0 Å². The molecular weight excluding hydrogens is 237 g/mol. The van der Waals surface area contributed by atoms with Crippen LogP contribution >= 0.6 is 0 Å². The molecule has 17 heavy (non-hydrogen) atoms. The highest BCUT2D eigenvalue weighted by Crippen LogP contribution is 2.19. The third-order valence-electron chi connectivity index (χ3n) is 2.75. The molecule has 0 saturated carbocycles. The van der Waals surface area contributed by atoms with E-state index in [9.17, 15) is 18.0 Å². The molecule has 0 aliphatic carbocycles. The summed E-state index contributed by atoms with van der Waals surface area (Å²) in [5, 5.41) is 11.8. The van der Waals surface area contributed by atoms with Gasteiger partial charge in [-0.15, -0.1) is 0 Å². The van der Waals surface area contributed by atoms with E-state index in [0.717, 1.165) is 25.8 Å². The molecular formula is C10H17F3N2O2. The fourth-order valence-corrected chi connectivity index (χ4v) is 1.92. The Kier molecular flexibility index (Phi) is 5.20. The van der Waals surface area contributed by atoms with Crippen molar-refractivity contribution < 1.29 is 23.1 Å². The van der Waals surface area contributed by atoms with E-state index in [1.807, 2.05) is 0 Å². The van der Waals surface area contributed by atoms with E-state index in [1.54, 1.807) is 0 Å². The third kappa shape index (κ3) is 4.51. The summed E-state index contributed by atoms with van der Waals surface area (Å²) in [7, 11) is 0. The van der Waals surface area contributed by atoms with Crippen molar-refractivity contribution in [3.63, 3.8) is 0 Å². The predicted octanol–water partition coefficient (Wildman–Crippen LogP) is 0.512. The number of amides is 1. The summed E-state index contributed by atoms with van der Waals surface area (Å²) in [5.74, 6) is -1.88. The van der Waals surface area contributed by atoms with Crippen LogP contribution in [0.25, 0.3) is 0 Å². The molecule has 1 aliphatic heterocycles. The number of carbonyl (C=O) groups excluding carboxylic acids is 1. The number of piperidine rings is 1. The highest BCUT2D eigenvalue weighted by atomic mass is 19.4. The van der Waals surface area contributed by atoms with Crippen molar-refractivity contribution in [2.75, 3.05) is 26.2 Å². The number of carbonyl (C=O) groups is 1. The van der Waals surface area contributed by atoms with E-state index in [0.29, 0.717) is 4.90 Å². The fraction of sp³-hybridized carbons (Fsp3) is 0.900. The van der Waals surface area contributed by atoms with Crippen molar-refractivity contribution >= 4 is 5.91 Å². The summed E-state index contributed by atoms with van der Waals surface area (Å²) in [6, 6.07) is -0.110. The molecule has 0 aromatic rings. The number of hydrogen-bond donors (Lipinski definition) is 2. The Balaban J connectivity index is 2.55. The predicted molar refractivity (Wildman–Crippen MR) is 55.4 cm³/mol. The molecule has 1 atom stereocenters. The van der Waals surface area contributed by atoms with E-state index in [-0.39, 0.29) is 19.1 Å². The minimum absolute atomic E-state index is 0.00109. The lowest BCUT2D eigenvalue weighted by molar-refractivity contribution is -0.186. The molecule has 1 heterocycles. The zero-order chi connectivity index (χ0) is 12.9. The SMILES string of the molecule is O=C(N(CCO)C[C@@H]1CCCCN1)C(F)(F)F. The number of alkyl halides is 3. The molecule has 0 spiro atoms. The van der Waals surface area contributed by atoms with Gasteiger partial charge < -0.3 is 15.3 Å². The summed E-state index contributed by atoms with van der Waals surface area (Å²) in [6.45, 7) is 0.0157. The van der Waals surface area contributed by atoms with E-state index in [4.69, 9.17) is 5.11 Å². The van der Waals surface area contributed by atoms with Crippen LogP contribution < -0.4 is 5.32 Å². The van der Waals surface area contributed by atoms with Gasteiger partial charge >= 0.3 is 12.1 Å². The van der Waals surface area contributed by atoms with Crippen LogP contribution in [0.1, 0.15) is 19.3 Å². The average Bonchev–Trinajstić information content (AvgIpc) is 2.28. The number of aliphatic hydroxyl groups is 1. The normalized spacial score (nSPS) is 21.3. The fourth-order valence-electron chi connectivity index (χ4n) is 1.92. The Morgan fingerprint density at radius 2 is 2.12 bits per heavy atom. The summed E-state index contributed by atoms with van der Waals surface area (Å²) >= 11 is 0. The number of nitrogens with zero attached hydrogens (tertiary/aromatic N) is 1. The maximum absolute atomic E-state index is 12.3. The number of nitrogens with one attached hydrogen (secondary N) is 1. The van der Waals surface area contributed by atoms with Gasteiger partial charge in [0.2, 0.25) is 0 Å². The zero-order valence-corrected chi connectivity index (χ0v) is 9.46. The third-order valence-corrected chi connectivity index (χ3v) is 2.75. The summed E-state index contributed by atoms with van der Waals surface area (Å²) in [6.07, 6.45) is -2.16. The minimum atomic E-state index is -4.87. The van der Waals surface area contributed by atoms with Crippen LogP contribution in [0, 0.1) is 0 Å². The van der Waals surface area contributed by atoms with Crippen molar-refractivity contribution in [1.82, 2.24) is 10.2 Å². The van der Waals surface area contributed by atoms with Gasteiger partial charge in [-0.1, -0.05) is 6.42 Å². The number of hydrogen-bond acceptors (Lipinski definition) is 3. The van der Waals surface area contributed by atoms with Crippen LogP contribution in [0.2, 0.25) is 0 Å². The topological polar surface area (TPSA) is 52.6 Å². The second-order valence-electron chi connectivity index (χ2n) is 4.12. The summed E-state index contributed by atoms with van der Waals surface area (Å²) in [5.41, 5.74) is 0. The van der Waals surface area contributed by atoms with Crippen LogP contribution in [-0.2, 0) is 4.79 Å². The Morgan fingerprint density at radius 3 is 2.59 bits per heavy atom. The number of halogens is 3. The minimum Gasteiger partial charge on any atom is -0.395 e. The lowest BCUT2D eigenvalue weighted by Crippen LogP contribution is -2.50. The molecule has 4 nitrogen and oxygen atoms in total. The zero-order valence-electron chi connectivity index (χ0n) is 9.46. The molecule has 0 radical (unpaired) electrons. The largest absolute Gasteiger partial charge is 0.471 e. The lowest BCUT2D eigenvalue weighted by atomic mass is 10.0. The smallest absolute Gasteiger partial charge is 0.395 e. The first kappa shape index (κ1) is 14.2. The van der Waals surface area contributed by atoms with E-state index >= 15 is 0 Å². The van der Waals surface area contributed by atoms with Crippen molar-refractivity contribution in [3.8, 4) is 0 Å². The lowest BCUT2D eigenvalue weighted by Gasteiger charge is -2.30. The van der Waals surface area contributed by atoms with Crippen LogP contribution in [-0.4, -0.2) is 54.4 Å². The van der Waals surface area contributed by atoms with Gasteiger partial charge in [-0.25, -0.2) is 0 Å². The van der Waals surface area contributed by atoms with Crippen LogP contribution in [0.4, 0.5) is 13.2 Å². The highest BCUT2D eigenvalue weighted by molar-refractivity contribution is 5.81. The van der Waals surface area contributed by atoms with Crippen LogP contribution in [0.5, 0.6) is 0 Å². The van der Waals surface area contributed by atoms with Gasteiger partial charge in [0.05, 0.1) is 6.61 Å². The van der Waals surface area contributed by atoms with Crippen molar-refractivity contribution in [3.05, 3.63) is 0 Å². The highest BCUT2D eigenvalue weighted by Gasteiger charge is 2.42. The molecule has 0 aromatic heterocycles. The molecule has 2 N–H and O–H groups in total. The Labute approximate surface area is 97.8 Å². The molecule has 7 heteroatoms. The first-order chi connectivity index (χ1) is 7.95. The molecule has 1 saturated heterocycles. The molecule has 0 bridgehead atoms. The van der Waals surface area contributed by atoms with Gasteiger partial charge in [0.1, 0.15) is 0 Å². The summed E-state index contributed by atoms with van der Waals surface area (Å²) < 4.78 is 36.9. The maximum Gasteiger partial charge on any atom is 0.471 e. The van der Waals surface area contributed by atoms with Gasteiger partial charge in [-0.3, -0.25) is 4.79 Å². The molecule has 0 aromatic carbocycles. The van der Waals surface area contributed by atoms with E-state index in [2.05, 4.69) is 5.32 Å². The maximum atomic E-state index is 12.3. The molecule has 100 valence electrons. The van der Waals surface area contributed by atoms with Crippen molar-refractivity contribution in [1.29, 1.82) is 0 Å². The van der Waals surface area contributed by atoms with Crippen LogP contribution in [0.15, 0.2) is 0 Å². The molecule has 1 amide bonds. The summed E-state index contributed by atoms with van der Waals surface area (Å²) in [4.78, 5) is 11.8. The molecule has 0 unspecified atom stereocenters. The monoisotopic (exact) mass is 254 g/mol. The van der Waals surface area contributed by atoms with Gasteiger partial charge in [-0.2, -0.15) is 13.2 Å². The Bertz CT molecular complexity index is 252. The van der Waals surface area contributed by atoms with Gasteiger partial charge in [-0.05, 0) is 19.4 Å². The van der Waals surface area contributed by atoms with Crippen molar-refractivity contribution in [2.45, 2.75) is 31.5 Å². The molecule has 1 aliphatic rings. The quantitative estimate of drug-likeness (QED) is 0.768. The van der Waals surface area contributed by atoms with E-state index < -0.39 is 18.7 Å². The van der Waals surface area contributed by atoms with Gasteiger partial charge in [0.25, 0.3) is 0 Å².